The Morgan fingerprint density at radius 3 is 2.16 bits per heavy atom. The first kappa shape index (κ1) is 22.9. The largest absolute Gasteiger partial charge is 0.466 e. The van der Waals surface area contributed by atoms with Crippen LogP contribution in [0.1, 0.15) is 42.7 Å². The van der Waals surface area contributed by atoms with Gasteiger partial charge in [-0.2, -0.15) is 0 Å². The summed E-state index contributed by atoms with van der Waals surface area (Å²) < 4.78 is 5.48. The zero-order valence-electron chi connectivity index (χ0n) is 17.9. The van der Waals surface area contributed by atoms with Crippen LogP contribution in [0.3, 0.4) is 0 Å². The van der Waals surface area contributed by atoms with Gasteiger partial charge in [-0.05, 0) is 36.5 Å². The average Bonchev–Trinajstić information content (AvgIpc) is 2.83. The maximum Gasteiger partial charge on any atom is 0.306 e. The van der Waals surface area contributed by atoms with Crippen LogP contribution in [0.4, 0.5) is 11.5 Å². The molecule has 32 heavy (non-hydrogen) atoms. The van der Waals surface area contributed by atoms with Gasteiger partial charge in [-0.25, -0.2) is 4.98 Å². The van der Waals surface area contributed by atoms with E-state index in [0.717, 1.165) is 30.4 Å². The molecular formula is C25H27N3O4. The van der Waals surface area contributed by atoms with Crippen LogP contribution in [-0.4, -0.2) is 29.0 Å². The predicted octanol–water partition coefficient (Wildman–Crippen LogP) is 5.34. The molecule has 3 aromatic rings. The molecule has 0 saturated heterocycles. The number of esters is 1. The highest BCUT2D eigenvalue weighted by Gasteiger charge is 2.18. The van der Waals surface area contributed by atoms with E-state index < -0.39 is 4.92 Å². The van der Waals surface area contributed by atoms with Crippen LogP contribution in [0, 0.1) is 10.1 Å². The van der Waals surface area contributed by atoms with Gasteiger partial charge in [-0.15, -0.1) is 0 Å². The summed E-state index contributed by atoms with van der Waals surface area (Å²) in [5, 5.41) is 13.8. The molecule has 0 saturated carbocycles. The van der Waals surface area contributed by atoms with E-state index in [2.05, 4.69) is 10.3 Å². The minimum Gasteiger partial charge on any atom is -0.466 e. The molecule has 7 heteroatoms. The number of benzene rings is 2. The highest BCUT2D eigenvalue weighted by molar-refractivity contribution is 5.71. The third-order valence-corrected chi connectivity index (χ3v) is 5.12. The second-order valence-corrected chi connectivity index (χ2v) is 7.44. The van der Waals surface area contributed by atoms with E-state index in [1.807, 2.05) is 60.7 Å². The Hall–Kier alpha value is -3.74. The summed E-state index contributed by atoms with van der Waals surface area (Å²) in [5.41, 5.74) is 2.17. The Morgan fingerprint density at radius 1 is 0.938 bits per heavy atom. The molecule has 0 unspecified atom stereocenters. The van der Waals surface area contributed by atoms with Crippen molar-refractivity contribution in [3.8, 4) is 0 Å². The van der Waals surface area contributed by atoms with E-state index in [-0.39, 0.29) is 17.6 Å². The number of unbranched alkanes of at least 4 members (excludes halogenated alkanes) is 2. The molecule has 1 heterocycles. The Morgan fingerprint density at radius 2 is 1.59 bits per heavy atom. The molecule has 7 nitrogen and oxygen atoms in total. The lowest BCUT2D eigenvalue weighted by atomic mass is 9.89. The SMILES string of the molecule is O=C(CC(c1ccccc1)c1ccccc1)OCCCCCNc1ccc([N+](=O)[O-])cn1. The molecule has 0 fully saturated rings. The molecule has 0 amide bonds. The first-order chi connectivity index (χ1) is 15.6. The maximum absolute atomic E-state index is 12.5. The van der Waals surface area contributed by atoms with Crippen LogP contribution in [-0.2, 0) is 9.53 Å². The van der Waals surface area contributed by atoms with Gasteiger partial charge in [0.05, 0.1) is 18.0 Å². The average molecular weight is 434 g/mol. The highest BCUT2D eigenvalue weighted by atomic mass is 16.6. The van der Waals surface area contributed by atoms with Crippen molar-refractivity contribution in [3.63, 3.8) is 0 Å². The molecule has 1 N–H and O–H groups in total. The van der Waals surface area contributed by atoms with E-state index >= 15 is 0 Å². The molecule has 0 atom stereocenters. The molecule has 166 valence electrons. The standard InChI is InChI=1S/C25H27N3O4/c29-25(18-23(20-10-4-1-5-11-20)21-12-6-2-7-13-21)32-17-9-3-8-16-26-24-15-14-22(19-27-24)28(30)31/h1-2,4-7,10-15,19,23H,3,8-9,16-18H2,(H,26,27). The van der Waals surface area contributed by atoms with Gasteiger partial charge < -0.3 is 10.1 Å². The first-order valence-corrected chi connectivity index (χ1v) is 10.7. The highest BCUT2D eigenvalue weighted by Crippen LogP contribution is 2.28. The van der Waals surface area contributed by atoms with Gasteiger partial charge in [0.15, 0.2) is 0 Å². The number of nitrogens with zero attached hydrogens (tertiary/aromatic N) is 2. The number of nitro groups is 1. The lowest BCUT2D eigenvalue weighted by molar-refractivity contribution is -0.385. The number of ether oxygens (including phenoxy) is 1. The van der Waals surface area contributed by atoms with Crippen LogP contribution >= 0.6 is 0 Å². The first-order valence-electron chi connectivity index (χ1n) is 10.7. The van der Waals surface area contributed by atoms with Crippen LogP contribution in [0.2, 0.25) is 0 Å². The van der Waals surface area contributed by atoms with E-state index in [9.17, 15) is 14.9 Å². The van der Waals surface area contributed by atoms with Crippen molar-refractivity contribution in [1.29, 1.82) is 0 Å². The third-order valence-electron chi connectivity index (χ3n) is 5.12. The Kier molecular flexibility index (Phi) is 8.74. The molecular weight excluding hydrogens is 406 g/mol. The lowest BCUT2D eigenvalue weighted by Crippen LogP contribution is -2.12. The van der Waals surface area contributed by atoms with Gasteiger partial charge >= 0.3 is 5.97 Å². The number of rotatable bonds is 12. The van der Waals surface area contributed by atoms with Crippen molar-refractivity contribution in [2.45, 2.75) is 31.6 Å². The van der Waals surface area contributed by atoms with Crippen molar-refractivity contribution in [2.75, 3.05) is 18.5 Å². The Balaban J connectivity index is 1.36. The molecule has 0 radical (unpaired) electrons. The second-order valence-electron chi connectivity index (χ2n) is 7.44. The number of carbonyl (C=O) groups excluding carboxylic acids is 1. The zero-order chi connectivity index (χ0) is 22.6. The van der Waals surface area contributed by atoms with E-state index in [4.69, 9.17) is 4.74 Å². The molecule has 2 aromatic carbocycles. The van der Waals surface area contributed by atoms with Crippen LogP contribution in [0.25, 0.3) is 0 Å². The lowest BCUT2D eigenvalue weighted by Gasteiger charge is -2.17. The van der Waals surface area contributed by atoms with Gasteiger partial charge in [-0.3, -0.25) is 14.9 Å². The molecule has 0 aliphatic carbocycles. The fraction of sp³-hybridized carbons (Fsp3) is 0.280. The van der Waals surface area contributed by atoms with E-state index in [1.54, 1.807) is 6.07 Å². The molecule has 0 aliphatic heterocycles. The summed E-state index contributed by atoms with van der Waals surface area (Å²) in [6.45, 7) is 1.09. The topological polar surface area (TPSA) is 94.4 Å². The third kappa shape index (κ3) is 7.19. The number of hydrogen-bond donors (Lipinski definition) is 1. The molecule has 3 rings (SSSR count). The van der Waals surface area contributed by atoms with E-state index in [0.29, 0.717) is 25.4 Å². The van der Waals surface area contributed by atoms with Crippen LogP contribution in [0.5, 0.6) is 0 Å². The normalized spacial score (nSPS) is 10.7. The Bertz CT molecular complexity index is 940. The summed E-state index contributed by atoms with van der Waals surface area (Å²) in [4.78, 5) is 26.6. The minimum atomic E-state index is -0.472. The van der Waals surface area contributed by atoms with Crippen LogP contribution < -0.4 is 5.32 Å². The maximum atomic E-state index is 12.5. The van der Waals surface area contributed by atoms with Crippen molar-refractivity contribution >= 4 is 17.5 Å². The van der Waals surface area contributed by atoms with Crippen molar-refractivity contribution < 1.29 is 14.5 Å². The molecule has 0 aliphatic rings. The Labute approximate surface area is 187 Å². The minimum absolute atomic E-state index is 0.0247. The zero-order valence-corrected chi connectivity index (χ0v) is 17.9. The summed E-state index contributed by atoms with van der Waals surface area (Å²) in [6, 6.07) is 23.0. The monoisotopic (exact) mass is 433 g/mol. The van der Waals surface area contributed by atoms with Gasteiger partial charge in [0.2, 0.25) is 0 Å². The number of aromatic nitrogens is 1. The van der Waals surface area contributed by atoms with E-state index in [1.165, 1.54) is 12.3 Å². The van der Waals surface area contributed by atoms with Crippen molar-refractivity contribution in [1.82, 2.24) is 4.98 Å². The summed E-state index contributed by atoms with van der Waals surface area (Å²) >= 11 is 0. The smallest absolute Gasteiger partial charge is 0.306 e. The summed E-state index contributed by atoms with van der Waals surface area (Å²) in [5.74, 6) is 0.383. The fourth-order valence-electron chi connectivity index (χ4n) is 3.43. The molecule has 1 aromatic heterocycles. The number of pyridine rings is 1. The number of carbonyl (C=O) groups is 1. The number of nitrogens with one attached hydrogen (secondary N) is 1. The van der Waals surface area contributed by atoms with Gasteiger partial charge in [0.1, 0.15) is 12.0 Å². The van der Waals surface area contributed by atoms with Crippen molar-refractivity contribution in [3.05, 3.63) is 100 Å². The summed E-state index contributed by atoms with van der Waals surface area (Å²) in [6.07, 6.45) is 4.10. The quantitative estimate of drug-likeness (QED) is 0.179. The fourth-order valence-corrected chi connectivity index (χ4v) is 3.43. The van der Waals surface area contributed by atoms with Crippen LogP contribution in [0.15, 0.2) is 79.0 Å². The summed E-state index contributed by atoms with van der Waals surface area (Å²) in [7, 11) is 0. The molecule has 0 bridgehead atoms. The van der Waals surface area contributed by atoms with Crippen molar-refractivity contribution in [2.24, 2.45) is 0 Å². The van der Waals surface area contributed by atoms with Gasteiger partial charge in [0.25, 0.3) is 5.69 Å². The predicted molar refractivity (Wildman–Crippen MR) is 124 cm³/mol. The van der Waals surface area contributed by atoms with Gasteiger partial charge in [-0.1, -0.05) is 60.7 Å². The molecule has 0 spiro atoms. The number of anilines is 1. The number of hydrogen-bond acceptors (Lipinski definition) is 6. The second kappa shape index (κ2) is 12.2. The van der Waals surface area contributed by atoms with Gasteiger partial charge in [0, 0.05) is 18.5 Å².